The summed E-state index contributed by atoms with van der Waals surface area (Å²) in [6, 6.07) is 7.15. The number of rotatable bonds is 5. The molecule has 1 aliphatic carbocycles. The maximum Gasteiger partial charge on any atom is 0.321 e. The van der Waals surface area contributed by atoms with E-state index in [2.05, 4.69) is 16.0 Å². The first-order valence-corrected chi connectivity index (χ1v) is 8.99. The monoisotopic (exact) mass is 346 g/mol. The molecule has 2 fully saturated rings. The molecule has 1 atom stereocenters. The molecule has 25 heavy (non-hydrogen) atoms. The molecule has 0 spiro atoms. The number of amides is 4. The van der Waals surface area contributed by atoms with E-state index in [-0.39, 0.29) is 18.2 Å². The molecule has 3 N–H and O–H groups in total. The first-order valence-electron chi connectivity index (χ1n) is 8.99. The third-order valence-electron chi connectivity index (χ3n) is 4.37. The van der Waals surface area contributed by atoms with E-state index >= 15 is 0 Å². The molecular formula is C18H26N4O3. The van der Waals surface area contributed by atoms with Crippen LogP contribution in [0.3, 0.4) is 0 Å². The van der Waals surface area contributed by atoms with Crippen molar-refractivity contribution in [1.82, 2.24) is 10.2 Å². The topological polar surface area (TPSA) is 82.7 Å². The highest BCUT2D eigenvalue weighted by molar-refractivity contribution is 5.91. The van der Waals surface area contributed by atoms with Gasteiger partial charge in [-0.05, 0) is 56.9 Å². The molecule has 0 unspecified atom stereocenters. The number of ether oxygens (including phenoxy) is 1. The zero-order valence-electron chi connectivity index (χ0n) is 14.6. The van der Waals surface area contributed by atoms with Crippen molar-refractivity contribution in [1.29, 1.82) is 0 Å². The summed E-state index contributed by atoms with van der Waals surface area (Å²) >= 11 is 0. The Bertz CT molecular complexity index is 599. The third-order valence-corrected chi connectivity index (χ3v) is 4.37. The van der Waals surface area contributed by atoms with Gasteiger partial charge in [0.1, 0.15) is 0 Å². The summed E-state index contributed by atoms with van der Waals surface area (Å²) in [7, 11) is 0. The van der Waals surface area contributed by atoms with Crippen molar-refractivity contribution in [2.75, 3.05) is 30.3 Å². The lowest BCUT2D eigenvalue weighted by atomic mass is 10.1. The zero-order chi connectivity index (χ0) is 17.6. The van der Waals surface area contributed by atoms with E-state index < -0.39 is 0 Å². The number of nitrogens with one attached hydrogen (secondary N) is 3. The minimum atomic E-state index is -0.186. The van der Waals surface area contributed by atoms with E-state index in [0.29, 0.717) is 30.6 Å². The number of anilines is 2. The van der Waals surface area contributed by atoms with E-state index in [9.17, 15) is 9.59 Å². The van der Waals surface area contributed by atoms with Crippen LogP contribution >= 0.6 is 0 Å². The summed E-state index contributed by atoms with van der Waals surface area (Å²) in [5.41, 5.74) is 1.40. The van der Waals surface area contributed by atoms with Crippen molar-refractivity contribution in [3.63, 3.8) is 0 Å². The van der Waals surface area contributed by atoms with Crippen molar-refractivity contribution >= 4 is 23.4 Å². The van der Waals surface area contributed by atoms with E-state index in [4.69, 9.17) is 4.74 Å². The highest BCUT2D eigenvalue weighted by Crippen LogP contribution is 2.20. The molecular weight excluding hydrogens is 320 g/mol. The summed E-state index contributed by atoms with van der Waals surface area (Å²) in [5, 5.41) is 8.56. The Morgan fingerprint density at radius 2 is 1.80 bits per heavy atom. The van der Waals surface area contributed by atoms with Gasteiger partial charge < -0.3 is 25.6 Å². The molecule has 1 saturated carbocycles. The Morgan fingerprint density at radius 3 is 2.44 bits per heavy atom. The molecule has 2 aliphatic rings. The number of hydrogen-bond donors (Lipinski definition) is 3. The predicted molar refractivity (Wildman–Crippen MR) is 96.9 cm³/mol. The molecule has 7 nitrogen and oxygen atoms in total. The molecule has 0 bridgehead atoms. The van der Waals surface area contributed by atoms with Crippen LogP contribution in [-0.2, 0) is 4.74 Å². The van der Waals surface area contributed by atoms with Crippen LogP contribution in [0.4, 0.5) is 21.0 Å². The van der Waals surface area contributed by atoms with Gasteiger partial charge in [-0.2, -0.15) is 0 Å². The third kappa shape index (κ3) is 5.35. The maximum atomic E-state index is 12.4. The fourth-order valence-corrected chi connectivity index (χ4v) is 2.91. The van der Waals surface area contributed by atoms with E-state index in [1.165, 1.54) is 0 Å². The molecule has 1 aromatic rings. The number of benzene rings is 1. The van der Waals surface area contributed by atoms with Gasteiger partial charge in [-0.25, -0.2) is 9.59 Å². The lowest BCUT2D eigenvalue weighted by Crippen LogP contribution is -2.45. The molecule has 1 heterocycles. The van der Waals surface area contributed by atoms with Crippen LogP contribution in [0.15, 0.2) is 24.3 Å². The lowest BCUT2D eigenvalue weighted by Gasteiger charge is -2.32. The average Bonchev–Trinajstić information content (AvgIpc) is 3.41. The fraction of sp³-hybridized carbons (Fsp3) is 0.556. The van der Waals surface area contributed by atoms with Crippen LogP contribution in [-0.4, -0.2) is 48.8 Å². The van der Waals surface area contributed by atoms with Crippen LogP contribution in [0.5, 0.6) is 0 Å². The predicted octanol–water partition coefficient (Wildman–Crippen LogP) is 3.00. The summed E-state index contributed by atoms with van der Waals surface area (Å²) in [6.07, 6.45) is 4.19. The smallest absolute Gasteiger partial charge is 0.321 e. The van der Waals surface area contributed by atoms with Crippen molar-refractivity contribution < 1.29 is 14.3 Å². The fourth-order valence-electron chi connectivity index (χ4n) is 2.91. The quantitative estimate of drug-likeness (QED) is 0.766. The molecule has 3 rings (SSSR count). The highest BCUT2D eigenvalue weighted by atomic mass is 16.5. The van der Waals surface area contributed by atoms with Crippen LogP contribution in [0.2, 0.25) is 0 Å². The Morgan fingerprint density at radius 1 is 1.12 bits per heavy atom. The van der Waals surface area contributed by atoms with Gasteiger partial charge >= 0.3 is 12.1 Å². The van der Waals surface area contributed by atoms with Gasteiger partial charge in [-0.3, -0.25) is 0 Å². The minimum Gasteiger partial charge on any atom is -0.377 e. The van der Waals surface area contributed by atoms with E-state index in [1.807, 2.05) is 6.92 Å². The average molecular weight is 346 g/mol. The highest BCUT2D eigenvalue weighted by Gasteiger charge is 2.24. The van der Waals surface area contributed by atoms with Gasteiger partial charge in [0.25, 0.3) is 0 Å². The van der Waals surface area contributed by atoms with Gasteiger partial charge in [0.05, 0.1) is 6.10 Å². The normalized spacial score (nSPS) is 20.0. The SMILES string of the molecule is CCO[C@@H]1CCCN(C(=O)Nc2ccc(NC(=O)NC3CC3)cc2)C1. The number of hydrogen-bond acceptors (Lipinski definition) is 3. The van der Waals surface area contributed by atoms with Gasteiger partial charge in [0.15, 0.2) is 0 Å². The first-order chi connectivity index (χ1) is 12.1. The first kappa shape index (κ1) is 17.5. The number of urea groups is 2. The van der Waals surface area contributed by atoms with Crippen molar-refractivity contribution in [2.24, 2.45) is 0 Å². The van der Waals surface area contributed by atoms with Crippen LogP contribution in [0.25, 0.3) is 0 Å². The van der Waals surface area contributed by atoms with Crippen molar-refractivity contribution in [3.05, 3.63) is 24.3 Å². The van der Waals surface area contributed by atoms with Crippen LogP contribution in [0.1, 0.15) is 32.6 Å². The number of carbonyl (C=O) groups is 2. The number of likely N-dealkylation sites (tertiary alicyclic amines) is 1. The minimum absolute atomic E-state index is 0.114. The van der Waals surface area contributed by atoms with Crippen molar-refractivity contribution in [2.45, 2.75) is 44.8 Å². The van der Waals surface area contributed by atoms with Gasteiger partial charge in [-0.15, -0.1) is 0 Å². The van der Waals surface area contributed by atoms with Crippen LogP contribution < -0.4 is 16.0 Å². The second kappa shape index (κ2) is 8.20. The molecule has 136 valence electrons. The summed E-state index contributed by atoms with van der Waals surface area (Å²) in [6.45, 7) is 4.01. The molecule has 1 aromatic carbocycles. The molecule has 0 aromatic heterocycles. The standard InChI is InChI=1S/C18H26N4O3/c1-2-25-16-4-3-11-22(12-16)18(24)21-15-9-7-14(8-10-15)20-17(23)19-13-5-6-13/h7-10,13,16H,2-6,11-12H2,1H3,(H,21,24)(H2,19,20,23)/t16-/m1/s1. The van der Waals surface area contributed by atoms with Gasteiger partial charge in [-0.1, -0.05) is 0 Å². The summed E-state index contributed by atoms with van der Waals surface area (Å²) in [5.74, 6) is 0. The van der Waals surface area contributed by atoms with E-state index in [0.717, 1.165) is 32.2 Å². The molecule has 7 heteroatoms. The maximum absolute atomic E-state index is 12.4. The Labute approximate surface area is 148 Å². The molecule has 1 saturated heterocycles. The Kier molecular flexibility index (Phi) is 5.75. The van der Waals surface area contributed by atoms with Crippen molar-refractivity contribution in [3.8, 4) is 0 Å². The molecule has 4 amide bonds. The van der Waals surface area contributed by atoms with Gasteiger partial charge in [0.2, 0.25) is 0 Å². The van der Waals surface area contributed by atoms with Crippen LogP contribution in [0, 0.1) is 0 Å². The molecule has 0 radical (unpaired) electrons. The second-order valence-electron chi connectivity index (χ2n) is 6.55. The largest absolute Gasteiger partial charge is 0.377 e. The number of nitrogens with zero attached hydrogens (tertiary/aromatic N) is 1. The summed E-state index contributed by atoms with van der Waals surface area (Å²) in [4.78, 5) is 25.9. The number of piperidine rings is 1. The lowest BCUT2D eigenvalue weighted by molar-refractivity contribution is 0.0181. The van der Waals surface area contributed by atoms with E-state index in [1.54, 1.807) is 29.2 Å². The second-order valence-corrected chi connectivity index (χ2v) is 6.55. The molecule has 1 aliphatic heterocycles. The number of carbonyl (C=O) groups excluding carboxylic acids is 2. The zero-order valence-corrected chi connectivity index (χ0v) is 14.6. The Hall–Kier alpha value is -2.28. The summed E-state index contributed by atoms with van der Waals surface area (Å²) < 4.78 is 5.63. The van der Waals surface area contributed by atoms with Gasteiger partial charge in [0, 0.05) is 37.1 Å². The Balaban J connectivity index is 1.48.